The number of benzene rings is 1. The molecule has 0 bridgehead atoms. The minimum absolute atomic E-state index is 0.0475. The lowest BCUT2D eigenvalue weighted by molar-refractivity contribution is 0.155. The van der Waals surface area contributed by atoms with Crippen LogP contribution in [0.4, 0.5) is 0 Å². The van der Waals surface area contributed by atoms with E-state index >= 15 is 0 Å². The van der Waals surface area contributed by atoms with Crippen LogP contribution in [0.5, 0.6) is 0 Å². The average molecular weight is 445 g/mol. The quantitative estimate of drug-likeness (QED) is 0.692. The van der Waals surface area contributed by atoms with E-state index in [1.165, 1.54) is 0 Å². The van der Waals surface area contributed by atoms with Crippen molar-refractivity contribution in [2.75, 3.05) is 18.1 Å². The second-order valence-corrected chi connectivity index (χ2v) is 9.81. The molecule has 0 amide bonds. The molecule has 0 aliphatic carbocycles. The number of aromatic amines is 1. The summed E-state index contributed by atoms with van der Waals surface area (Å²) in [6, 6.07) is 7.90. The van der Waals surface area contributed by atoms with Crippen molar-refractivity contribution in [2.24, 2.45) is 0 Å². The molecular weight excluding hydrogens is 424 g/mol. The standard InChI is InChI=1S/C16H21BrN4O2S2/c1-2-8-20(14-7-9-25(22,23)10-14)11-21-16(24)18-15(19-21)12-3-5-13(17)6-4-12/h3-6,14H,2,7-11H2,1H3,(H,18,19,24)/t14-/m1/s1. The topological polar surface area (TPSA) is 71.0 Å². The van der Waals surface area contributed by atoms with E-state index in [0.717, 1.165) is 23.0 Å². The first-order valence-corrected chi connectivity index (χ1v) is 11.3. The zero-order valence-corrected chi connectivity index (χ0v) is 17.2. The highest BCUT2D eigenvalue weighted by molar-refractivity contribution is 9.10. The molecule has 1 aromatic heterocycles. The molecule has 1 saturated heterocycles. The highest BCUT2D eigenvalue weighted by Crippen LogP contribution is 2.21. The van der Waals surface area contributed by atoms with E-state index in [4.69, 9.17) is 12.2 Å². The summed E-state index contributed by atoms with van der Waals surface area (Å²) in [7, 11) is -2.91. The summed E-state index contributed by atoms with van der Waals surface area (Å²) in [5, 5.41) is 3.25. The summed E-state index contributed by atoms with van der Waals surface area (Å²) in [5.41, 5.74) is 0.957. The van der Waals surface area contributed by atoms with E-state index in [9.17, 15) is 8.42 Å². The first-order valence-electron chi connectivity index (χ1n) is 8.25. The molecule has 1 aliphatic rings. The molecule has 1 aliphatic heterocycles. The van der Waals surface area contributed by atoms with Crippen LogP contribution in [0.1, 0.15) is 19.8 Å². The van der Waals surface area contributed by atoms with Crippen LogP contribution >= 0.6 is 28.1 Å². The summed E-state index contributed by atoms with van der Waals surface area (Å²) in [6.07, 6.45) is 1.64. The van der Waals surface area contributed by atoms with E-state index in [-0.39, 0.29) is 17.5 Å². The zero-order chi connectivity index (χ0) is 18.0. The van der Waals surface area contributed by atoms with Gasteiger partial charge in [0, 0.05) is 16.1 Å². The number of hydrogen-bond donors (Lipinski definition) is 1. The SMILES string of the molecule is CCCN(Cn1[nH]c(-c2ccc(Br)cc2)nc1=S)[C@@H]1CCS(=O)(=O)C1. The Morgan fingerprint density at radius 2 is 2.12 bits per heavy atom. The van der Waals surface area contributed by atoms with Gasteiger partial charge in [-0.1, -0.05) is 35.0 Å². The molecule has 1 aromatic carbocycles. The maximum atomic E-state index is 11.8. The summed E-state index contributed by atoms with van der Waals surface area (Å²) in [6.45, 7) is 3.45. The van der Waals surface area contributed by atoms with Gasteiger partial charge in [-0.15, -0.1) is 0 Å². The van der Waals surface area contributed by atoms with Crippen LogP contribution in [0.3, 0.4) is 0 Å². The predicted octanol–water partition coefficient (Wildman–Crippen LogP) is 3.23. The smallest absolute Gasteiger partial charge is 0.217 e. The van der Waals surface area contributed by atoms with Crippen molar-refractivity contribution in [1.82, 2.24) is 19.7 Å². The summed E-state index contributed by atoms with van der Waals surface area (Å²) in [4.78, 5) is 6.63. The third-order valence-corrected chi connectivity index (χ3v) is 6.95. The van der Waals surface area contributed by atoms with Gasteiger partial charge in [0.05, 0.1) is 18.2 Å². The first-order chi connectivity index (χ1) is 11.9. The van der Waals surface area contributed by atoms with Gasteiger partial charge >= 0.3 is 0 Å². The lowest BCUT2D eigenvalue weighted by atomic mass is 10.2. The molecule has 0 unspecified atom stereocenters. The number of sulfone groups is 1. The van der Waals surface area contributed by atoms with Crippen LogP contribution in [0.15, 0.2) is 28.7 Å². The van der Waals surface area contributed by atoms with Crippen LogP contribution in [0.2, 0.25) is 0 Å². The zero-order valence-electron chi connectivity index (χ0n) is 14.0. The Kier molecular flexibility index (Phi) is 5.77. The van der Waals surface area contributed by atoms with Crippen molar-refractivity contribution in [2.45, 2.75) is 32.5 Å². The van der Waals surface area contributed by atoms with Crippen LogP contribution < -0.4 is 0 Å². The van der Waals surface area contributed by atoms with Gasteiger partial charge in [-0.25, -0.2) is 13.1 Å². The molecule has 1 atom stereocenters. The Morgan fingerprint density at radius 1 is 1.40 bits per heavy atom. The molecule has 9 heteroatoms. The number of hydrogen-bond acceptors (Lipinski definition) is 5. The predicted molar refractivity (Wildman–Crippen MR) is 105 cm³/mol. The molecule has 2 heterocycles. The van der Waals surface area contributed by atoms with Crippen molar-refractivity contribution in [3.63, 3.8) is 0 Å². The van der Waals surface area contributed by atoms with Gasteiger partial charge in [0.15, 0.2) is 15.7 Å². The van der Waals surface area contributed by atoms with E-state index in [0.29, 0.717) is 23.7 Å². The largest absolute Gasteiger partial charge is 0.280 e. The molecule has 2 aromatic rings. The maximum absolute atomic E-state index is 11.8. The van der Waals surface area contributed by atoms with E-state index in [1.54, 1.807) is 0 Å². The van der Waals surface area contributed by atoms with Crippen molar-refractivity contribution in [3.05, 3.63) is 33.5 Å². The molecule has 1 fully saturated rings. The fraction of sp³-hybridized carbons (Fsp3) is 0.500. The summed E-state index contributed by atoms with van der Waals surface area (Å²) < 4.78 is 26.9. The van der Waals surface area contributed by atoms with Crippen LogP contribution in [0.25, 0.3) is 11.4 Å². The van der Waals surface area contributed by atoms with E-state index < -0.39 is 9.84 Å². The molecule has 0 saturated carbocycles. The van der Waals surface area contributed by atoms with Crippen LogP contribution in [-0.4, -0.2) is 52.2 Å². The molecule has 1 N–H and O–H groups in total. The lowest BCUT2D eigenvalue weighted by Gasteiger charge is -2.27. The minimum atomic E-state index is -2.91. The van der Waals surface area contributed by atoms with E-state index in [1.807, 2.05) is 28.9 Å². The Balaban J connectivity index is 1.81. The van der Waals surface area contributed by atoms with Gasteiger partial charge in [-0.05, 0) is 43.7 Å². The third kappa shape index (κ3) is 4.58. The van der Waals surface area contributed by atoms with Crippen molar-refractivity contribution >= 4 is 38.0 Å². The fourth-order valence-electron chi connectivity index (χ4n) is 3.09. The molecule has 6 nitrogen and oxygen atoms in total. The van der Waals surface area contributed by atoms with Gasteiger partial charge in [-0.3, -0.25) is 10.00 Å². The highest BCUT2D eigenvalue weighted by Gasteiger charge is 2.32. The van der Waals surface area contributed by atoms with E-state index in [2.05, 4.69) is 37.8 Å². The second-order valence-electron chi connectivity index (χ2n) is 6.30. The first kappa shape index (κ1) is 18.8. The molecular formula is C16H21BrN4O2S2. The molecule has 0 radical (unpaired) electrons. The van der Waals surface area contributed by atoms with Crippen molar-refractivity contribution < 1.29 is 8.42 Å². The number of rotatable bonds is 6. The Bertz CT molecular complexity index is 890. The second kappa shape index (κ2) is 7.69. The monoisotopic (exact) mass is 444 g/mol. The van der Waals surface area contributed by atoms with Gasteiger partial charge < -0.3 is 0 Å². The normalized spacial score (nSPS) is 19.6. The van der Waals surface area contributed by atoms with Crippen LogP contribution in [0, 0.1) is 4.77 Å². The molecule has 0 spiro atoms. The third-order valence-electron chi connectivity index (χ3n) is 4.36. The maximum Gasteiger partial charge on any atom is 0.217 e. The molecule has 136 valence electrons. The Hall–Kier alpha value is -1.03. The Labute approximate surface area is 161 Å². The van der Waals surface area contributed by atoms with Crippen molar-refractivity contribution in [1.29, 1.82) is 0 Å². The van der Waals surface area contributed by atoms with Gasteiger partial charge in [-0.2, -0.15) is 4.98 Å². The fourth-order valence-corrected chi connectivity index (χ4v) is 5.31. The van der Waals surface area contributed by atoms with Crippen LogP contribution in [-0.2, 0) is 16.5 Å². The molecule has 3 rings (SSSR count). The van der Waals surface area contributed by atoms with Gasteiger partial charge in [0.1, 0.15) is 0 Å². The number of nitrogens with one attached hydrogen (secondary N) is 1. The number of H-pyrrole nitrogens is 1. The van der Waals surface area contributed by atoms with Gasteiger partial charge in [0.2, 0.25) is 4.77 Å². The number of nitrogens with zero attached hydrogens (tertiary/aromatic N) is 3. The van der Waals surface area contributed by atoms with Crippen molar-refractivity contribution in [3.8, 4) is 11.4 Å². The van der Waals surface area contributed by atoms with Gasteiger partial charge in [0.25, 0.3) is 0 Å². The molecule has 25 heavy (non-hydrogen) atoms. The lowest BCUT2D eigenvalue weighted by Crippen LogP contribution is -2.38. The summed E-state index contributed by atoms with van der Waals surface area (Å²) in [5.74, 6) is 1.22. The number of halogens is 1. The summed E-state index contributed by atoms with van der Waals surface area (Å²) >= 11 is 8.81. The average Bonchev–Trinajstić information content (AvgIpc) is 3.10. The highest BCUT2D eigenvalue weighted by atomic mass is 79.9. The Morgan fingerprint density at radius 3 is 2.72 bits per heavy atom. The number of aromatic nitrogens is 3. The minimum Gasteiger partial charge on any atom is -0.280 e.